The summed E-state index contributed by atoms with van der Waals surface area (Å²) in [6.45, 7) is 1.85. The Kier molecular flexibility index (Phi) is 2.54. The Bertz CT molecular complexity index is 915. The molecule has 6 nitrogen and oxygen atoms in total. The third-order valence-electron chi connectivity index (χ3n) is 3.19. The van der Waals surface area contributed by atoms with E-state index in [-0.39, 0.29) is 22.7 Å². The number of aromatic nitrogens is 3. The van der Waals surface area contributed by atoms with Gasteiger partial charge >= 0.3 is 0 Å². The number of nitriles is 1. The van der Waals surface area contributed by atoms with Crippen LogP contribution in [-0.2, 0) is 0 Å². The number of nitrogens with one attached hydrogen (secondary N) is 1. The van der Waals surface area contributed by atoms with Crippen molar-refractivity contribution in [1.29, 1.82) is 5.26 Å². The summed E-state index contributed by atoms with van der Waals surface area (Å²) in [6, 6.07) is 9.15. The molecule has 2 aromatic heterocycles. The van der Waals surface area contributed by atoms with Gasteiger partial charge in [-0.15, -0.1) is 0 Å². The van der Waals surface area contributed by atoms with Crippen molar-refractivity contribution < 1.29 is 5.11 Å². The minimum Gasteiger partial charge on any atom is -0.493 e. The van der Waals surface area contributed by atoms with Gasteiger partial charge in [0.25, 0.3) is 5.56 Å². The van der Waals surface area contributed by atoms with Crippen LogP contribution >= 0.6 is 0 Å². The lowest BCUT2D eigenvalue weighted by Gasteiger charge is -2.08. The van der Waals surface area contributed by atoms with Crippen LogP contribution in [0.1, 0.15) is 11.1 Å². The van der Waals surface area contributed by atoms with Crippen molar-refractivity contribution in [1.82, 2.24) is 14.6 Å². The fourth-order valence-electron chi connectivity index (χ4n) is 2.18. The number of aromatic hydroxyl groups is 1. The summed E-state index contributed by atoms with van der Waals surface area (Å²) in [4.78, 5) is 14.8. The summed E-state index contributed by atoms with van der Waals surface area (Å²) >= 11 is 0. The zero-order valence-electron chi connectivity index (χ0n) is 10.6. The lowest BCUT2D eigenvalue weighted by molar-refractivity contribution is 0.437. The van der Waals surface area contributed by atoms with Crippen molar-refractivity contribution in [2.75, 3.05) is 0 Å². The molecule has 0 atom stereocenters. The highest BCUT2D eigenvalue weighted by atomic mass is 16.3. The number of benzene rings is 1. The maximum Gasteiger partial charge on any atom is 0.262 e. The summed E-state index contributed by atoms with van der Waals surface area (Å²) in [7, 11) is 0. The molecule has 0 saturated carbocycles. The molecule has 0 radical (unpaired) electrons. The largest absolute Gasteiger partial charge is 0.493 e. The molecule has 6 heteroatoms. The zero-order valence-corrected chi connectivity index (χ0v) is 10.6. The molecule has 0 fully saturated rings. The molecular weight excluding hydrogens is 256 g/mol. The lowest BCUT2D eigenvalue weighted by atomic mass is 10.0. The molecular formula is C14H10N4O2. The van der Waals surface area contributed by atoms with Crippen LogP contribution in [-0.4, -0.2) is 19.7 Å². The van der Waals surface area contributed by atoms with Crippen molar-refractivity contribution >= 4 is 5.65 Å². The molecule has 0 amide bonds. The molecule has 1 aromatic carbocycles. The first-order valence-corrected chi connectivity index (χ1v) is 5.92. The molecule has 0 spiro atoms. The van der Waals surface area contributed by atoms with Gasteiger partial charge in [0.15, 0.2) is 5.65 Å². The summed E-state index contributed by atoms with van der Waals surface area (Å²) in [6.07, 6.45) is 1.30. The van der Waals surface area contributed by atoms with E-state index in [0.717, 1.165) is 10.1 Å². The number of aromatic amines is 1. The molecule has 3 aromatic rings. The molecule has 2 N–H and O–H groups in total. The number of rotatable bonds is 1. The molecule has 0 aliphatic heterocycles. The molecule has 0 aliphatic carbocycles. The molecule has 0 aliphatic rings. The third kappa shape index (κ3) is 1.57. The van der Waals surface area contributed by atoms with Gasteiger partial charge in [-0.25, -0.2) is 0 Å². The first-order valence-electron chi connectivity index (χ1n) is 5.92. The van der Waals surface area contributed by atoms with Gasteiger partial charge in [-0.3, -0.25) is 4.79 Å². The zero-order chi connectivity index (χ0) is 14.3. The van der Waals surface area contributed by atoms with Crippen LogP contribution < -0.4 is 5.56 Å². The van der Waals surface area contributed by atoms with Gasteiger partial charge in [0, 0.05) is 0 Å². The molecule has 0 saturated heterocycles. The summed E-state index contributed by atoms with van der Waals surface area (Å²) in [5.74, 6) is -0.278. The van der Waals surface area contributed by atoms with Crippen LogP contribution in [0.4, 0.5) is 0 Å². The molecule has 0 bridgehead atoms. The first-order chi connectivity index (χ1) is 9.63. The molecule has 0 unspecified atom stereocenters. The number of H-pyrrole nitrogens is 1. The van der Waals surface area contributed by atoms with Gasteiger partial charge in [-0.2, -0.15) is 14.9 Å². The lowest BCUT2D eigenvalue weighted by Crippen LogP contribution is -2.13. The minimum absolute atomic E-state index is 0.142. The van der Waals surface area contributed by atoms with Crippen molar-refractivity contribution in [3.63, 3.8) is 0 Å². The average Bonchev–Trinajstić information content (AvgIpc) is 2.84. The van der Waals surface area contributed by atoms with Gasteiger partial charge in [-0.1, -0.05) is 24.3 Å². The van der Waals surface area contributed by atoms with Crippen molar-refractivity contribution in [2.24, 2.45) is 0 Å². The summed E-state index contributed by atoms with van der Waals surface area (Å²) in [5.41, 5.74) is 1.56. The quantitative estimate of drug-likeness (QED) is 0.699. The Morgan fingerprint density at radius 1 is 1.40 bits per heavy atom. The number of fused-ring (bicyclic) bond motifs is 1. The summed E-state index contributed by atoms with van der Waals surface area (Å²) in [5, 5.41) is 23.1. The van der Waals surface area contributed by atoms with Gasteiger partial charge in [-0.05, 0) is 18.1 Å². The first kappa shape index (κ1) is 12.0. The van der Waals surface area contributed by atoms with Crippen molar-refractivity contribution in [3.8, 4) is 23.1 Å². The van der Waals surface area contributed by atoms with E-state index in [9.17, 15) is 9.90 Å². The Labute approximate surface area is 113 Å². The van der Waals surface area contributed by atoms with E-state index in [2.05, 4.69) is 10.1 Å². The Morgan fingerprint density at radius 3 is 2.85 bits per heavy atom. The van der Waals surface area contributed by atoms with Crippen LogP contribution in [0.2, 0.25) is 0 Å². The van der Waals surface area contributed by atoms with Gasteiger partial charge in [0.2, 0.25) is 5.88 Å². The minimum atomic E-state index is -0.457. The molecule has 3 rings (SSSR count). The van der Waals surface area contributed by atoms with E-state index in [1.807, 2.05) is 25.1 Å². The summed E-state index contributed by atoms with van der Waals surface area (Å²) < 4.78 is 1.15. The third-order valence-corrected chi connectivity index (χ3v) is 3.19. The molecule has 98 valence electrons. The highest BCUT2D eigenvalue weighted by Crippen LogP contribution is 2.28. The molecule has 20 heavy (non-hydrogen) atoms. The maximum absolute atomic E-state index is 12.2. The predicted octanol–water partition coefficient (Wildman–Crippen LogP) is 1.58. The van der Waals surface area contributed by atoms with E-state index in [1.54, 1.807) is 12.1 Å². The fraction of sp³-hybridized carbons (Fsp3) is 0.0714. The van der Waals surface area contributed by atoms with Crippen molar-refractivity contribution in [2.45, 2.75) is 6.92 Å². The number of hydrogen-bond donors (Lipinski definition) is 2. The van der Waals surface area contributed by atoms with E-state index in [0.29, 0.717) is 5.56 Å². The van der Waals surface area contributed by atoms with Crippen molar-refractivity contribution in [3.05, 3.63) is 51.9 Å². The Morgan fingerprint density at radius 2 is 2.15 bits per heavy atom. The van der Waals surface area contributed by atoms with Gasteiger partial charge < -0.3 is 10.1 Å². The standard InChI is InChI=1S/C14H10N4O2/c1-8-4-2-3-5-10(8)11-13(19)17-12-9(6-15)7-16-18(12)14(11)20/h2-5,7,20H,1H3,(H,17,19). The smallest absolute Gasteiger partial charge is 0.262 e. The molecule has 2 heterocycles. The normalized spacial score (nSPS) is 10.6. The Balaban J connectivity index is 2.42. The monoisotopic (exact) mass is 266 g/mol. The average molecular weight is 266 g/mol. The van der Waals surface area contributed by atoms with Gasteiger partial charge in [0.05, 0.1) is 6.20 Å². The van der Waals surface area contributed by atoms with Crippen LogP contribution in [0.25, 0.3) is 16.8 Å². The second kappa shape index (κ2) is 4.24. The fourth-order valence-corrected chi connectivity index (χ4v) is 2.18. The highest BCUT2D eigenvalue weighted by molar-refractivity contribution is 5.72. The topological polar surface area (TPSA) is 94.2 Å². The van der Waals surface area contributed by atoms with Crippen LogP contribution in [0, 0.1) is 18.3 Å². The predicted molar refractivity (Wildman–Crippen MR) is 72.4 cm³/mol. The SMILES string of the molecule is Cc1ccccc1-c1c(O)n2ncc(C#N)c2[nH]c1=O. The number of aryl methyl sites for hydroxylation is 1. The van der Waals surface area contributed by atoms with E-state index in [1.165, 1.54) is 6.20 Å². The van der Waals surface area contributed by atoms with Gasteiger partial charge in [0.1, 0.15) is 17.2 Å². The van der Waals surface area contributed by atoms with Crippen LogP contribution in [0.5, 0.6) is 5.88 Å². The van der Waals surface area contributed by atoms with E-state index in [4.69, 9.17) is 5.26 Å². The van der Waals surface area contributed by atoms with Crippen LogP contribution in [0.15, 0.2) is 35.3 Å². The Hall–Kier alpha value is -3.07. The second-order valence-electron chi connectivity index (χ2n) is 4.40. The maximum atomic E-state index is 12.2. The number of hydrogen-bond acceptors (Lipinski definition) is 4. The number of nitrogens with zero attached hydrogens (tertiary/aromatic N) is 3. The van der Waals surface area contributed by atoms with E-state index < -0.39 is 5.56 Å². The second-order valence-corrected chi connectivity index (χ2v) is 4.40. The van der Waals surface area contributed by atoms with Crippen LogP contribution in [0.3, 0.4) is 0 Å². The van der Waals surface area contributed by atoms with E-state index >= 15 is 0 Å². The highest BCUT2D eigenvalue weighted by Gasteiger charge is 2.17.